The summed E-state index contributed by atoms with van der Waals surface area (Å²) in [5.41, 5.74) is 8.21. The van der Waals surface area contributed by atoms with Crippen molar-refractivity contribution >= 4 is 44.9 Å². The van der Waals surface area contributed by atoms with Gasteiger partial charge in [0.05, 0.1) is 23.4 Å². The van der Waals surface area contributed by atoms with Gasteiger partial charge < -0.3 is 30.2 Å². The van der Waals surface area contributed by atoms with Gasteiger partial charge in [0.25, 0.3) is 0 Å². The van der Waals surface area contributed by atoms with Crippen LogP contribution in [0.1, 0.15) is 24.8 Å². The Bertz CT molecular complexity index is 1650. The number of likely N-dealkylation sites (tertiary alicyclic amines) is 1. The summed E-state index contributed by atoms with van der Waals surface area (Å²) in [7, 11) is 5.44. The molecule has 3 aliphatic heterocycles. The largest absolute Gasteiger partial charge is 0.467 e. The molecule has 0 spiro atoms. The predicted octanol–water partition coefficient (Wildman–Crippen LogP) is 4.31. The molecule has 3 fully saturated rings. The van der Waals surface area contributed by atoms with Gasteiger partial charge >= 0.3 is 6.01 Å². The molecule has 9 nitrogen and oxygen atoms in total. The fourth-order valence-corrected chi connectivity index (χ4v) is 6.29. The standard InChI is InChI=1S/C25H23ClFN7O.C4H9N/c1-33-11-16(20-15(8-28)18(29)5-6-19(20)33)21-17(26)7-14-23(22(21)27)31-25(35-2)32-24(14)34-9-12-3-4-13(10-34)30-12;1-5-3-2-4-5/h5-7,11-13,30H,3-4,9-10,29H2,1-2H3;2-4H2,1H3. The number of nitrogen functional groups attached to an aromatic ring is 1. The summed E-state index contributed by atoms with van der Waals surface area (Å²) in [6, 6.07) is 8.19. The van der Waals surface area contributed by atoms with Gasteiger partial charge in [0.1, 0.15) is 17.4 Å². The maximum absolute atomic E-state index is 16.3. The van der Waals surface area contributed by atoms with Crippen LogP contribution in [0.5, 0.6) is 6.01 Å². The number of anilines is 2. The summed E-state index contributed by atoms with van der Waals surface area (Å²) in [6.45, 7) is 4.17. The van der Waals surface area contributed by atoms with Crippen LogP contribution in [0.2, 0.25) is 5.02 Å². The Hall–Kier alpha value is -3.65. The van der Waals surface area contributed by atoms with E-state index in [2.05, 4.69) is 38.2 Å². The Kier molecular flexibility index (Phi) is 6.90. The molecule has 2 atom stereocenters. The van der Waals surface area contributed by atoms with Gasteiger partial charge in [-0.2, -0.15) is 15.2 Å². The Morgan fingerprint density at radius 2 is 1.88 bits per heavy atom. The van der Waals surface area contributed by atoms with Crippen molar-refractivity contribution in [2.24, 2.45) is 7.05 Å². The van der Waals surface area contributed by atoms with Gasteiger partial charge in [-0.3, -0.25) is 0 Å². The van der Waals surface area contributed by atoms with Crippen LogP contribution in [-0.4, -0.2) is 71.9 Å². The number of aryl methyl sites for hydroxylation is 1. The van der Waals surface area contributed by atoms with Gasteiger partial charge in [0, 0.05) is 65.8 Å². The number of ether oxygens (including phenoxy) is 1. The number of nitrogens with zero attached hydrogens (tertiary/aromatic N) is 6. The van der Waals surface area contributed by atoms with E-state index in [0.29, 0.717) is 39.9 Å². The van der Waals surface area contributed by atoms with Crippen LogP contribution in [0, 0.1) is 17.1 Å². The Balaban J connectivity index is 0.000000523. The molecule has 2 bridgehead atoms. The van der Waals surface area contributed by atoms with Gasteiger partial charge in [-0.15, -0.1) is 0 Å². The number of rotatable bonds is 3. The lowest BCUT2D eigenvalue weighted by atomic mass is 9.98. The highest BCUT2D eigenvalue weighted by Gasteiger charge is 2.34. The average Bonchev–Trinajstić information content (AvgIpc) is 3.44. The van der Waals surface area contributed by atoms with Crippen LogP contribution < -0.4 is 20.7 Å². The normalized spacial score (nSPS) is 20.2. The monoisotopic (exact) mass is 562 g/mol. The third-order valence-corrected chi connectivity index (χ3v) is 8.49. The van der Waals surface area contributed by atoms with Gasteiger partial charge in [0.15, 0.2) is 5.82 Å². The fraction of sp³-hybridized carbons (Fsp3) is 0.414. The number of fused-ring (bicyclic) bond motifs is 4. The van der Waals surface area contributed by atoms with Crippen LogP contribution in [-0.2, 0) is 7.05 Å². The van der Waals surface area contributed by atoms with Crippen LogP contribution >= 0.6 is 11.6 Å². The molecular formula is C29H32ClFN8O. The van der Waals surface area contributed by atoms with Gasteiger partial charge in [0.2, 0.25) is 0 Å². The first-order chi connectivity index (χ1) is 19.3. The summed E-state index contributed by atoms with van der Waals surface area (Å²) in [4.78, 5) is 13.4. The quantitative estimate of drug-likeness (QED) is 0.356. The zero-order valence-corrected chi connectivity index (χ0v) is 23.6. The first kappa shape index (κ1) is 26.6. The van der Waals surface area contributed by atoms with Gasteiger partial charge in [-0.1, -0.05) is 11.6 Å². The molecule has 7 rings (SSSR count). The Labute approximate surface area is 237 Å². The molecule has 5 heterocycles. The Morgan fingerprint density at radius 1 is 1.18 bits per heavy atom. The van der Waals surface area contributed by atoms with Crippen molar-refractivity contribution in [3.8, 4) is 23.2 Å². The van der Waals surface area contributed by atoms with E-state index in [9.17, 15) is 5.26 Å². The van der Waals surface area contributed by atoms with Crippen LogP contribution in [0.3, 0.4) is 0 Å². The summed E-state index contributed by atoms with van der Waals surface area (Å²) in [6.07, 6.45) is 5.38. The minimum absolute atomic E-state index is 0.0884. The number of piperazine rings is 1. The molecule has 0 aliphatic carbocycles. The first-order valence-corrected chi connectivity index (χ1v) is 13.9. The predicted molar refractivity (Wildman–Crippen MR) is 156 cm³/mol. The highest BCUT2D eigenvalue weighted by molar-refractivity contribution is 6.35. The number of nitrogens with two attached hydrogens (primary N) is 1. The van der Waals surface area contributed by atoms with Crippen LogP contribution in [0.25, 0.3) is 32.9 Å². The van der Waals surface area contributed by atoms with E-state index in [4.69, 9.17) is 22.1 Å². The highest BCUT2D eigenvalue weighted by atomic mass is 35.5. The van der Waals surface area contributed by atoms with Crippen LogP contribution in [0.4, 0.5) is 15.9 Å². The number of benzene rings is 2. The zero-order chi connectivity index (χ0) is 28.1. The molecule has 40 heavy (non-hydrogen) atoms. The van der Waals surface area contributed by atoms with Crippen molar-refractivity contribution in [2.75, 3.05) is 51.0 Å². The van der Waals surface area contributed by atoms with Crippen molar-refractivity contribution in [3.05, 3.63) is 40.8 Å². The second-order valence-corrected chi connectivity index (χ2v) is 11.3. The van der Waals surface area contributed by atoms with E-state index >= 15 is 4.39 Å². The van der Waals surface area contributed by atoms with Crippen LogP contribution in [0.15, 0.2) is 24.4 Å². The van der Waals surface area contributed by atoms with Crippen molar-refractivity contribution in [1.29, 1.82) is 5.26 Å². The summed E-state index contributed by atoms with van der Waals surface area (Å²) < 4.78 is 23.5. The molecule has 0 saturated carbocycles. The van der Waals surface area contributed by atoms with E-state index in [0.717, 1.165) is 31.4 Å². The zero-order valence-electron chi connectivity index (χ0n) is 22.8. The SMILES string of the molecule is CN1CCC1.COc1nc(N2CC3CCC(C2)N3)c2cc(Cl)c(-c3cn(C)c4ccc(N)c(C#N)c34)c(F)c2n1. The third kappa shape index (κ3) is 4.48. The van der Waals surface area contributed by atoms with E-state index in [1.807, 2.05) is 17.7 Å². The molecule has 4 aromatic rings. The molecule has 0 amide bonds. The number of nitriles is 1. The Morgan fingerprint density at radius 3 is 2.48 bits per heavy atom. The van der Waals surface area contributed by atoms with Crippen molar-refractivity contribution in [2.45, 2.75) is 31.3 Å². The third-order valence-electron chi connectivity index (χ3n) is 8.19. The molecule has 3 aliphatic rings. The van der Waals surface area contributed by atoms with Crippen molar-refractivity contribution in [3.63, 3.8) is 0 Å². The number of hydrogen-bond donors (Lipinski definition) is 2. The summed E-state index contributed by atoms with van der Waals surface area (Å²) in [5.74, 6) is 0.0175. The molecule has 208 valence electrons. The minimum atomic E-state index is -0.591. The number of methoxy groups -OCH3 is 1. The average molecular weight is 563 g/mol. The molecule has 2 unspecified atom stereocenters. The lowest BCUT2D eigenvalue weighted by Gasteiger charge is -2.34. The summed E-state index contributed by atoms with van der Waals surface area (Å²) in [5, 5.41) is 14.7. The minimum Gasteiger partial charge on any atom is -0.467 e. The van der Waals surface area contributed by atoms with Gasteiger partial charge in [-0.25, -0.2) is 4.39 Å². The topological polar surface area (TPSA) is 108 Å². The van der Waals surface area contributed by atoms with E-state index in [-0.39, 0.29) is 27.7 Å². The van der Waals surface area contributed by atoms with E-state index < -0.39 is 5.82 Å². The number of halogens is 2. The molecule has 2 aromatic heterocycles. The van der Waals surface area contributed by atoms with E-state index in [1.165, 1.54) is 26.6 Å². The number of aromatic nitrogens is 3. The van der Waals surface area contributed by atoms with Gasteiger partial charge in [-0.05, 0) is 57.6 Å². The molecule has 2 aromatic carbocycles. The van der Waals surface area contributed by atoms with E-state index in [1.54, 1.807) is 18.3 Å². The second-order valence-electron chi connectivity index (χ2n) is 10.9. The lowest BCUT2D eigenvalue weighted by molar-refractivity contribution is 0.229. The highest BCUT2D eigenvalue weighted by Crippen LogP contribution is 2.43. The molecular weight excluding hydrogens is 531 g/mol. The molecule has 3 N–H and O–H groups in total. The maximum atomic E-state index is 16.3. The smallest absolute Gasteiger partial charge is 0.318 e. The number of hydrogen-bond acceptors (Lipinski definition) is 8. The maximum Gasteiger partial charge on any atom is 0.318 e. The molecule has 11 heteroatoms. The molecule has 3 saturated heterocycles. The second kappa shape index (κ2) is 10.4. The lowest BCUT2D eigenvalue weighted by Crippen LogP contribution is -2.51. The summed E-state index contributed by atoms with van der Waals surface area (Å²) >= 11 is 6.76. The fourth-order valence-electron chi connectivity index (χ4n) is 6.00. The first-order valence-electron chi connectivity index (χ1n) is 13.5. The number of nitrogens with one attached hydrogen (secondary N) is 1. The molecule has 0 radical (unpaired) electrons. The van der Waals surface area contributed by atoms with Crippen molar-refractivity contribution < 1.29 is 9.13 Å². The van der Waals surface area contributed by atoms with Crippen molar-refractivity contribution in [1.82, 2.24) is 24.8 Å².